The lowest BCUT2D eigenvalue weighted by molar-refractivity contribution is -0.132. The fourth-order valence-electron chi connectivity index (χ4n) is 4.57. The molecular weight excluding hydrogens is 590 g/mol. The number of hydrogen-bond donors (Lipinski definition) is 1. The van der Waals surface area contributed by atoms with Gasteiger partial charge in [0, 0.05) is 11.3 Å². The second kappa shape index (κ2) is 13.8. The number of aliphatic hydroxyl groups is 1. The Morgan fingerprint density at radius 2 is 1.67 bits per heavy atom. The van der Waals surface area contributed by atoms with E-state index in [9.17, 15) is 19.1 Å². The van der Waals surface area contributed by atoms with Crippen LogP contribution in [0.15, 0.2) is 82.7 Å². The zero-order valence-corrected chi connectivity index (χ0v) is 25.3. The van der Waals surface area contributed by atoms with Crippen LogP contribution < -0.4 is 14.4 Å². The summed E-state index contributed by atoms with van der Waals surface area (Å²) in [6, 6.07) is 19.2. The van der Waals surface area contributed by atoms with Crippen LogP contribution in [-0.2, 0) is 15.3 Å². The zero-order chi connectivity index (χ0) is 30.3. The van der Waals surface area contributed by atoms with Crippen LogP contribution in [0.4, 0.5) is 9.52 Å². The summed E-state index contributed by atoms with van der Waals surface area (Å²) >= 11 is 2.40. The van der Waals surface area contributed by atoms with E-state index in [0.29, 0.717) is 51.5 Å². The maximum absolute atomic E-state index is 14.1. The van der Waals surface area contributed by atoms with Gasteiger partial charge in [0.2, 0.25) is 5.13 Å². The van der Waals surface area contributed by atoms with Crippen molar-refractivity contribution in [3.8, 4) is 11.5 Å². The Balaban J connectivity index is 1.50. The van der Waals surface area contributed by atoms with Crippen molar-refractivity contribution in [2.75, 3.05) is 18.1 Å². The maximum atomic E-state index is 14.1. The molecular formula is C32H30FN3O5S2. The van der Waals surface area contributed by atoms with E-state index in [1.54, 1.807) is 66.7 Å². The zero-order valence-electron chi connectivity index (χ0n) is 23.7. The highest BCUT2D eigenvalue weighted by molar-refractivity contribution is 8.00. The van der Waals surface area contributed by atoms with Gasteiger partial charge in [0.15, 0.2) is 4.34 Å². The Kier molecular flexibility index (Phi) is 9.73. The molecule has 0 saturated carbocycles. The molecule has 1 N–H and O–H groups in total. The molecule has 1 aliphatic heterocycles. The van der Waals surface area contributed by atoms with Gasteiger partial charge in [-0.2, -0.15) is 0 Å². The van der Waals surface area contributed by atoms with Gasteiger partial charge in [-0.1, -0.05) is 66.8 Å². The largest absolute Gasteiger partial charge is 0.507 e. The van der Waals surface area contributed by atoms with Crippen molar-refractivity contribution < 1.29 is 28.6 Å². The number of rotatable bonds is 12. The minimum Gasteiger partial charge on any atom is -0.507 e. The topological polar surface area (TPSA) is 102 Å². The monoisotopic (exact) mass is 619 g/mol. The first kappa shape index (κ1) is 30.2. The van der Waals surface area contributed by atoms with E-state index in [0.717, 1.165) is 24.2 Å². The van der Waals surface area contributed by atoms with Crippen molar-refractivity contribution in [1.29, 1.82) is 0 Å². The van der Waals surface area contributed by atoms with Crippen molar-refractivity contribution in [2.24, 2.45) is 0 Å². The van der Waals surface area contributed by atoms with Gasteiger partial charge in [-0.3, -0.25) is 14.5 Å². The lowest BCUT2D eigenvalue weighted by Gasteiger charge is -2.22. The lowest BCUT2D eigenvalue weighted by atomic mass is 9.95. The van der Waals surface area contributed by atoms with Crippen molar-refractivity contribution in [3.05, 3.63) is 101 Å². The van der Waals surface area contributed by atoms with Gasteiger partial charge in [0.1, 0.15) is 23.1 Å². The van der Waals surface area contributed by atoms with Gasteiger partial charge in [-0.25, -0.2) is 4.39 Å². The highest BCUT2D eigenvalue weighted by Crippen LogP contribution is 2.44. The summed E-state index contributed by atoms with van der Waals surface area (Å²) in [7, 11) is 0. The van der Waals surface area contributed by atoms with Crippen LogP contribution in [-0.4, -0.2) is 40.2 Å². The molecule has 1 saturated heterocycles. The van der Waals surface area contributed by atoms with Crippen molar-refractivity contribution in [2.45, 2.75) is 42.8 Å². The Morgan fingerprint density at radius 3 is 2.37 bits per heavy atom. The van der Waals surface area contributed by atoms with Crippen LogP contribution >= 0.6 is 23.1 Å². The second-order valence-electron chi connectivity index (χ2n) is 9.63. The fraction of sp³-hybridized carbons (Fsp3) is 0.250. The molecule has 2 heterocycles. The van der Waals surface area contributed by atoms with Crippen LogP contribution in [0.25, 0.3) is 5.76 Å². The van der Waals surface area contributed by atoms with Gasteiger partial charge in [0.25, 0.3) is 5.78 Å². The summed E-state index contributed by atoms with van der Waals surface area (Å²) in [5.74, 6) is -0.704. The number of ketones is 1. The van der Waals surface area contributed by atoms with E-state index in [-0.39, 0.29) is 22.3 Å². The molecule has 1 aromatic heterocycles. The van der Waals surface area contributed by atoms with Crippen LogP contribution in [0, 0.1) is 5.82 Å². The van der Waals surface area contributed by atoms with Crippen molar-refractivity contribution >= 4 is 45.7 Å². The third-order valence-corrected chi connectivity index (χ3v) is 8.86. The second-order valence-corrected chi connectivity index (χ2v) is 11.8. The first-order valence-corrected chi connectivity index (χ1v) is 15.7. The number of carbonyl (C=O) groups excluding carboxylic acids is 2. The van der Waals surface area contributed by atoms with E-state index in [1.807, 2.05) is 6.92 Å². The number of amides is 1. The van der Waals surface area contributed by atoms with E-state index < -0.39 is 17.7 Å². The normalized spacial score (nSPS) is 16.1. The molecule has 4 aromatic rings. The molecule has 3 aromatic carbocycles. The minimum atomic E-state index is -0.964. The number of Topliss-reactive ketones (excluding diaryl/α,β-unsaturated/α-hetero) is 1. The number of ether oxygens (including phenoxy) is 2. The summed E-state index contributed by atoms with van der Waals surface area (Å²) in [6.07, 6.45) is 1.92. The molecule has 1 unspecified atom stereocenters. The maximum Gasteiger partial charge on any atom is 0.301 e. The van der Waals surface area contributed by atoms with E-state index >= 15 is 0 Å². The van der Waals surface area contributed by atoms with Crippen molar-refractivity contribution in [3.63, 3.8) is 0 Å². The van der Waals surface area contributed by atoms with E-state index in [1.165, 1.54) is 22.7 Å². The molecule has 222 valence electrons. The first-order chi connectivity index (χ1) is 20.9. The van der Waals surface area contributed by atoms with Gasteiger partial charge < -0.3 is 14.6 Å². The number of benzene rings is 3. The summed E-state index contributed by atoms with van der Waals surface area (Å²) in [4.78, 5) is 28.3. The number of halogens is 1. The molecule has 43 heavy (non-hydrogen) atoms. The van der Waals surface area contributed by atoms with Crippen LogP contribution in [0.5, 0.6) is 11.5 Å². The number of unbranched alkanes of at least 4 members (excludes halogenated alkanes) is 1. The Labute approximate surface area is 257 Å². The predicted octanol–water partition coefficient (Wildman–Crippen LogP) is 7.17. The molecule has 5 rings (SSSR count). The summed E-state index contributed by atoms with van der Waals surface area (Å²) < 4.78 is 25.9. The smallest absolute Gasteiger partial charge is 0.301 e. The Bertz CT molecular complexity index is 1620. The number of aliphatic hydroxyl groups excluding tert-OH is 1. The number of thioether (sulfide) groups is 1. The van der Waals surface area contributed by atoms with Crippen molar-refractivity contribution in [1.82, 2.24) is 10.2 Å². The molecule has 0 bridgehead atoms. The molecule has 8 nitrogen and oxygen atoms in total. The van der Waals surface area contributed by atoms with Crippen LogP contribution in [0.3, 0.4) is 0 Å². The number of hydrogen-bond acceptors (Lipinski definition) is 9. The van der Waals surface area contributed by atoms with Gasteiger partial charge in [-0.15, -0.1) is 10.2 Å². The molecule has 11 heteroatoms. The summed E-state index contributed by atoms with van der Waals surface area (Å²) in [6.45, 7) is 5.01. The number of anilines is 1. The molecule has 0 spiro atoms. The molecule has 1 fully saturated rings. The average Bonchev–Trinajstić information content (AvgIpc) is 3.59. The lowest BCUT2D eigenvalue weighted by Crippen LogP contribution is -2.29. The minimum absolute atomic E-state index is 0.0652. The highest BCUT2D eigenvalue weighted by Gasteiger charge is 2.48. The molecule has 0 aliphatic carbocycles. The van der Waals surface area contributed by atoms with Crippen LogP contribution in [0.2, 0.25) is 0 Å². The number of aromatic nitrogens is 2. The highest BCUT2D eigenvalue weighted by atomic mass is 32.2. The van der Waals surface area contributed by atoms with E-state index in [2.05, 4.69) is 17.1 Å². The van der Waals surface area contributed by atoms with Gasteiger partial charge in [-0.05, 0) is 66.9 Å². The standard InChI is InChI=1S/C32H30FN3O5S2/c1-3-5-18-41-24-16-12-21(13-17-24)28(37)26-27(20-10-14-23(15-11-20)40-4-2)36(30(39)29(26)38)31-34-35-32(43-31)42-19-22-8-6-7-9-25(22)33/h6-17,27,37H,3-5,18-19H2,1-2H3. The third kappa shape index (κ3) is 6.73. The SMILES string of the molecule is CCCCOc1ccc(C(O)=C2C(=O)C(=O)N(c3nnc(SCc4ccccc4F)s3)C2c2ccc(OCC)cc2)cc1. The molecule has 0 radical (unpaired) electrons. The average molecular weight is 620 g/mol. The quantitative estimate of drug-likeness (QED) is 0.0445. The summed E-state index contributed by atoms with van der Waals surface area (Å²) in [5.41, 5.74) is 1.40. The van der Waals surface area contributed by atoms with E-state index in [4.69, 9.17) is 9.47 Å². The molecule has 1 atom stereocenters. The number of nitrogens with zero attached hydrogens (tertiary/aromatic N) is 3. The molecule has 1 amide bonds. The van der Waals surface area contributed by atoms with Crippen LogP contribution in [0.1, 0.15) is 49.4 Å². The predicted molar refractivity (Wildman–Crippen MR) is 165 cm³/mol. The van der Waals surface area contributed by atoms with Gasteiger partial charge in [0.05, 0.1) is 24.8 Å². The Hall–Kier alpha value is -4.22. The summed E-state index contributed by atoms with van der Waals surface area (Å²) in [5, 5.41) is 20.0. The first-order valence-electron chi connectivity index (χ1n) is 13.9. The molecule has 1 aliphatic rings. The Morgan fingerprint density at radius 1 is 0.977 bits per heavy atom. The fourth-order valence-corrected chi connectivity index (χ4v) is 6.42. The van der Waals surface area contributed by atoms with Gasteiger partial charge >= 0.3 is 5.91 Å². The number of carbonyl (C=O) groups is 2. The third-order valence-electron chi connectivity index (χ3n) is 6.76.